The van der Waals surface area contributed by atoms with E-state index in [0.29, 0.717) is 59.0 Å². The lowest BCUT2D eigenvalue weighted by molar-refractivity contribution is -0.139. The molecule has 2 aromatic carbocycles. The van der Waals surface area contributed by atoms with Gasteiger partial charge in [0.2, 0.25) is 11.8 Å². The Morgan fingerprint density at radius 1 is 1.05 bits per heavy atom. The summed E-state index contributed by atoms with van der Waals surface area (Å²) in [6, 6.07) is 12.9. The zero-order valence-corrected chi connectivity index (χ0v) is 35.5. The highest BCUT2D eigenvalue weighted by molar-refractivity contribution is 7.90. The van der Waals surface area contributed by atoms with Crippen LogP contribution >= 0.6 is 11.3 Å². The number of aromatic nitrogens is 2. The van der Waals surface area contributed by atoms with Crippen LogP contribution in [0.2, 0.25) is 0 Å². The van der Waals surface area contributed by atoms with Crippen molar-refractivity contribution in [3.63, 3.8) is 0 Å². The average molecular weight is 845 g/mol. The number of amides is 3. The van der Waals surface area contributed by atoms with Gasteiger partial charge in [-0.2, -0.15) is 0 Å². The highest BCUT2D eigenvalue weighted by Gasteiger charge is 2.61. The number of benzene rings is 2. The SMILES string of the molecule is C=C[C@@H]1C[C@@]12NC(=O)[C@@H]1C[C@@H](Oc3cc(-c4csc(NC(C)C)n4)nc4cc(OC)ccc34)CN1C(=O)CCCN(C)CCCCNc1ccccc1S(=O)(=O)NC2=O. The number of pyridine rings is 1. The first-order valence-electron chi connectivity index (χ1n) is 20.0. The van der Waals surface area contributed by atoms with Crippen molar-refractivity contribution in [2.45, 2.75) is 81.0 Å². The van der Waals surface area contributed by atoms with E-state index in [2.05, 4.69) is 32.2 Å². The molecule has 0 radical (unpaired) electrons. The summed E-state index contributed by atoms with van der Waals surface area (Å²) in [6.07, 6.45) is 3.61. The van der Waals surface area contributed by atoms with Crippen molar-refractivity contribution in [1.82, 2.24) is 29.8 Å². The van der Waals surface area contributed by atoms with Crippen molar-refractivity contribution < 1.29 is 32.3 Å². The standard InChI is InChI=1S/C42H52N8O7S2/c1-6-27-23-42(27)40(53)48-59(54,55)37-13-8-7-12-31(37)43-17-9-10-18-49(4)19-11-14-38(51)50-24-29(21-35(50)39(52)47-42)57-36-22-33(34-25-58-41(46-34)44-26(2)3)45-32-20-28(56-5)15-16-30(32)36/h6-8,12-13,15-16,20,22,25-27,29,35,43H,1,9-11,14,17-19,21,23-24H2,2-5H3,(H,44,46)(H,47,52)(H,48,53)/t27-,29-,35+,42-/m1/s1. The van der Waals surface area contributed by atoms with Crippen LogP contribution in [0.25, 0.3) is 22.3 Å². The molecule has 4 atom stereocenters. The number of carbonyl (C=O) groups excluding carboxylic acids is 3. The van der Waals surface area contributed by atoms with E-state index in [1.165, 1.54) is 28.4 Å². The number of para-hydroxylation sites is 1. The molecule has 4 N–H and O–H groups in total. The smallest absolute Gasteiger partial charge is 0.266 e. The molecule has 1 spiro atoms. The second-order valence-electron chi connectivity index (χ2n) is 15.7. The van der Waals surface area contributed by atoms with Crippen LogP contribution in [0, 0.1) is 5.92 Å². The maximum absolute atomic E-state index is 14.4. The van der Waals surface area contributed by atoms with Crippen molar-refractivity contribution in [3.8, 4) is 22.9 Å². The number of nitrogens with one attached hydrogen (secondary N) is 4. The lowest BCUT2D eigenvalue weighted by atomic mass is 10.1. The van der Waals surface area contributed by atoms with Gasteiger partial charge in [-0.3, -0.25) is 14.4 Å². The molecule has 2 aromatic heterocycles. The van der Waals surface area contributed by atoms with E-state index < -0.39 is 45.4 Å². The third kappa shape index (κ3) is 9.31. The third-order valence-electron chi connectivity index (χ3n) is 11.0. The Bertz CT molecular complexity index is 2340. The van der Waals surface area contributed by atoms with Gasteiger partial charge in [0.05, 0.1) is 30.6 Å². The number of sulfonamides is 1. The molecule has 3 aliphatic rings. The van der Waals surface area contributed by atoms with Gasteiger partial charge in [0.1, 0.15) is 39.8 Å². The first kappa shape index (κ1) is 41.9. The number of rotatable bonds is 7. The Hall–Kier alpha value is -5.26. The highest BCUT2D eigenvalue weighted by atomic mass is 32.2. The molecule has 2 fully saturated rings. The molecule has 314 valence electrons. The largest absolute Gasteiger partial charge is 0.497 e. The minimum absolute atomic E-state index is 0.0719. The summed E-state index contributed by atoms with van der Waals surface area (Å²) in [5, 5.41) is 12.8. The summed E-state index contributed by atoms with van der Waals surface area (Å²) in [7, 11) is -0.759. The van der Waals surface area contributed by atoms with Crippen molar-refractivity contribution in [1.29, 1.82) is 0 Å². The summed E-state index contributed by atoms with van der Waals surface area (Å²) in [5.41, 5.74) is 0.666. The molecule has 59 heavy (non-hydrogen) atoms. The van der Waals surface area contributed by atoms with Crippen LogP contribution in [0.1, 0.15) is 52.4 Å². The number of nitrogens with zero attached hydrogens (tertiary/aromatic N) is 4. The second-order valence-corrected chi connectivity index (χ2v) is 18.3. The minimum atomic E-state index is -4.35. The molecular formula is C42H52N8O7S2. The predicted molar refractivity (Wildman–Crippen MR) is 228 cm³/mol. The summed E-state index contributed by atoms with van der Waals surface area (Å²) in [6.45, 7) is 10.0. The van der Waals surface area contributed by atoms with Gasteiger partial charge in [0, 0.05) is 54.2 Å². The predicted octanol–water partition coefficient (Wildman–Crippen LogP) is 5.02. The Balaban J connectivity index is 1.19. The number of fused-ring (bicyclic) bond motifs is 3. The van der Waals surface area contributed by atoms with E-state index in [9.17, 15) is 22.8 Å². The van der Waals surface area contributed by atoms with Gasteiger partial charge in [-0.05, 0) is 83.9 Å². The zero-order chi connectivity index (χ0) is 41.9. The fourth-order valence-corrected chi connectivity index (χ4v) is 9.84. The molecule has 2 aliphatic heterocycles. The van der Waals surface area contributed by atoms with E-state index in [-0.39, 0.29) is 42.7 Å². The Morgan fingerprint density at radius 2 is 1.85 bits per heavy atom. The van der Waals surface area contributed by atoms with E-state index in [4.69, 9.17) is 19.4 Å². The van der Waals surface area contributed by atoms with E-state index in [1.807, 2.05) is 50.5 Å². The molecule has 3 amide bonds. The summed E-state index contributed by atoms with van der Waals surface area (Å²) in [5.74, 6) is -1.07. The van der Waals surface area contributed by atoms with Crippen molar-refractivity contribution >= 4 is 60.8 Å². The molecule has 1 aliphatic carbocycles. The van der Waals surface area contributed by atoms with Gasteiger partial charge in [-0.25, -0.2) is 23.1 Å². The third-order valence-corrected chi connectivity index (χ3v) is 13.2. The van der Waals surface area contributed by atoms with Gasteiger partial charge in [-0.1, -0.05) is 18.2 Å². The number of methoxy groups -OCH3 is 1. The van der Waals surface area contributed by atoms with E-state index in [1.54, 1.807) is 25.3 Å². The van der Waals surface area contributed by atoms with E-state index >= 15 is 0 Å². The average Bonchev–Trinajstić information content (AvgIpc) is 3.47. The fraction of sp³-hybridized carbons (Fsp3) is 0.452. The molecule has 0 unspecified atom stereocenters. The molecule has 4 heterocycles. The van der Waals surface area contributed by atoms with Crippen LogP contribution in [0.15, 0.2) is 71.5 Å². The van der Waals surface area contributed by atoms with E-state index in [0.717, 1.165) is 24.5 Å². The number of ether oxygens (including phenoxy) is 2. The van der Waals surface area contributed by atoms with Crippen LogP contribution in [-0.4, -0.2) is 110 Å². The number of hydrogen-bond acceptors (Lipinski definition) is 13. The maximum Gasteiger partial charge on any atom is 0.266 e. The molecule has 1 saturated heterocycles. The molecule has 15 nitrogen and oxygen atoms in total. The van der Waals surface area contributed by atoms with Crippen LogP contribution in [0.3, 0.4) is 0 Å². The van der Waals surface area contributed by atoms with Gasteiger partial charge in [0.25, 0.3) is 15.9 Å². The topological polar surface area (TPSA) is 184 Å². The van der Waals surface area contributed by atoms with Gasteiger partial charge in [-0.15, -0.1) is 17.9 Å². The van der Waals surface area contributed by atoms with Gasteiger partial charge in [0.15, 0.2) is 5.13 Å². The normalized spacial score (nSPS) is 24.4. The Labute approximate surface area is 349 Å². The molecule has 17 heteroatoms. The molecule has 7 rings (SSSR count). The van der Waals surface area contributed by atoms with Gasteiger partial charge >= 0.3 is 0 Å². The molecule has 4 aromatic rings. The van der Waals surface area contributed by atoms with Crippen LogP contribution in [0.5, 0.6) is 11.5 Å². The first-order chi connectivity index (χ1) is 28.3. The van der Waals surface area contributed by atoms with Crippen LogP contribution in [0.4, 0.5) is 10.8 Å². The molecule has 1 saturated carbocycles. The summed E-state index contributed by atoms with van der Waals surface area (Å²) < 4.78 is 41.9. The van der Waals surface area contributed by atoms with Gasteiger partial charge < -0.3 is 35.2 Å². The Kier molecular flexibility index (Phi) is 12.4. The number of hydrogen-bond donors (Lipinski definition) is 4. The molecule has 0 bridgehead atoms. The number of anilines is 2. The zero-order valence-electron chi connectivity index (χ0n) is 33.8. The fourth-order valence-electron chi connectivity index (χ4n) is 7.76. The lowest BCUT2D eigenvalue weighted by Gasteiger charge is -2.27. The lowest BCUT2D eigenvalue weighted by Crippen LogP contribution is -2.56. The first-order valence-corrected chi connectivity index (χ1v) is 22.4. The van der Waals surface area contributed by atoms with Crippen molar-refractivity contribution in [2.24, 2.45) is 5.92 Å². The van der Waals surface area contributed by atoms with Crippen LogP contribution < -0.4 is 30.1 Å². The second kappa shape index (κ2) is 17.5. The summed E-state index contributed by atoms with van der Waals surface area (Å²) >= 11 is 1.47. The number of carbonyl (C=O) groups is 3. The van der Waals surface area contributed by atoms with Crippen molar-refractivity contribution in [2.75, 3.05) is 51.0 Å². The molecular weight excluding hydrogens is 793 g/mol. The maximum atomic E-state index is 14.4. The highest BCUT2D eigenvalue weighted by Crippen LogP contribution is 2.45. The Morgan fingerprint density at radius 3 is 2.61 bits per heavy atom. The minimum Gasteiger partial charge on any atom is -0.497 e. The van der Waals surface area contributed by atoms with Crippen molar-refractivity contribution in [3.05, 3.63) is 66.6 Å². The summed E-state index contributed by atoms with van der Waals surface area (Å²) in [4.78, 5) is 55.7. The monoisotopic (exact) mass is 844 g/mol. The quantitative estimate of drug-likeness (QED) is 0.183. The number of thiazole rings is 1. The van der Waals surface area contributed by atoms with Crippen LogP contribution in [-0.2, 0) is 24.4 Å².